The van der Waals surface area contributed by atoms with Gasteiger partial charge in [-0.1, -0.05) is 29.8 Å². The molecule has 5 nitrogen and oxygen atoms in total. The maximum atomic E-state index is 12.5. The van der Waals surface area contributed by atoms with Crippen LogP contribution in [0.2, 0.25) is 5.02 Å². The van der Waals surface area contributed by atoms with Gasteiger partial charge in [-0.3, -0.25) is 9.59 Å². The summed E-state index contributed by atoms with van der Waals surface area (Å²) in [7, 11) is 1.36. The zero-order valence-corrected chi connectivity index (χ0v) is 14.4. The number of ether oxygens (including phenoxy) is 1. The minimum absolute atomic E-state index is 0.238. The number of carbonyl (C=O) groups is 2. The van der Waals surface area contributed by atoms with E-state index in [4.69, 9.17) is 16.3 Å². The van der Waals surface area contributed by atoms with Crippen LogP contribution in [0, 0.1) is 0 Å². The number of hydrogen-bond donors (Lipinski definition) is 2. The molecule has 2 N–H and O–H groups in total. The lowest BCUT2D eigenvalue weighted by Crippen LogP contribution is -2.13. The summed E-state index contributed by atoms with van der Waals surface area (Å²) >= 11 is 5.86. The first-order chi connectivity index (χ1) is 12.1. The SMILES string of the molecule is COC(=O)CCc1c(NC(=O)c2ccc(Cl)cc2)[nH]c2ccccc12. The second-order valence-corrected chi connectivity index (χ2v) is 6.00. The number of esters is 1. The van der Waals surface area contributed by atoms with Gasteiger partial charge in [0.25, 0.3) is 5.91 Å². The van der Waals surface area contributed by atoms with Crippen LogP contribution in [0.25, 0.3) is 10.9 Å². The quantitative estimate of drug-likeness (QED) is 0.674. The summed E-state index contributed by atoms with van der Waals surface area (Å²) < 4.78 is 4.71. The second kappa shape index (κ2) is 7.40. The van der Waals surface area contributed by atoms with E-state index in [2.05, 4.69) is 10.3 Å². The lowest BCUT2D eigenvalue weighted by atomic mass is 10.1. The molecular formula is C19H17ClN2O3. The normalized spacial score (nSPS) is 10.6. The number of methoxy groups -OCH3 is 1. The van der Waals surface area contributed by atoms with Gasteiger partial charge in [-0.15, -0.1) is 0 Å². The highest BCUT2D eigenvalue weighted by molar-refractivity contribution is 6.30. The van der Waals surface area contributed by atoms with Gasteiger partial charge < -0.3 is 15.0 Å². The molecule has 2 aromatic carbocycles. The molecule has 0 aliphatic rings. The minimum Gasteiger partial charge on any atom is -0.469 e. The summed E-state index contributed by atoms with van der Waals surface area (Å²) in [5.41, 5.74) is 2.28. The van der Waals surface area contributed by atoms with E-state index >= 15 is 0 Å². The number of nitrogens with one attached hydrogen (secondary N) is 2. The molecule has 0 saturated carbocycles. The van der Waals surface area contributed by atoms with Crippen LogP contribution in [-0.2, 0) is 16.0 Å². The van der Waals surface area contributed by atoms with E-state index in [1.165, 1.54) is 7.11 Å². The number of amides is 1. The molecule has 0 aliphatic heterocycles. The van der Waals surface area contributed by atoms with E-state index < -0.39 is 0 Å². The van der Waals surface area contributed by atoms with Crippen molar-refractivity contribution in [2.24, 2.45) is 0 Å². The highest BCUT2D eigenvalue weighted by Crippen LogP contribution is 2.28. The first-order valence-corrected chi connectivity index (χ1v) is 8.19. The van der Waals surface area contributed by atoms with Gasteiger partial charge in [0.15, 0.2) is 0 Å². The number of aromatic nitrogens is 1. The maximum Gasteiger partial charge on any atom is 0.305 e. The third kappa shape index (κ3) is 3.83. The van der Waals surface area contributed by atoms with Crippen molar-refractivity contribution in [1.82, 2.24) is 4.98 Å². The average Bonchev–Trinajstić information content (AvgIpc) is 2.97. The van der Waals surface area contributed by atoms with E-state index in [0.717, 1.165) is 16.5 Å². The van der Waals surface area contributed by atoms with E-state index in [1.54, 1.807) is 24.3 Å². The van der Waals surface area contributed by atoms with Crippen LogP contribution in [-0.4, -0.2) is 24.0 Å². The Kier molecular flexibility index (Phi) is 5.05. The lowest BCUT2D eigenvalue weighted by molar-refractivity contribution is -0.140. The molecule has 0 atom stereocenters. The Balaban J connectivity index is 1.90. The van der Waals surface area contributed by atoms with Gasteiger partial charge >= 0.3 is 5.97 Å². The zero-order valence-electron chi connectivity index (χ0n) is 13.6. The number of H-pyrrole nitrogens is 1. The Bertz CT molecular complexity index is 916. The van der Waals surface area contributed by atoms with Gasteiger partial charge in [0.1, 0.15) is 5.82 Å². The molecule has 0 fully saturated rings. The fraction of sp³-hybridized carbons (Fsp3) is 0.158. The molecule has 3 aromatic rings. The van der Waals surface area contributed by atoms with Crippen molar-refractivity contribution in [2.45, 2.75) is 12.8 Å². The summed E-state index contributed by atoms with van der Waals surface area (Å²) in [6.07, 6.45) is 0.703. The summed E-state index contributed by atoms with van der Waals surface area (Å²) in [4.78, 5) is 27.2. The Morgan fingerprint density at radius 2 is 1.84 bits per heavy atom. The first-order valence-electron chi connectivity index (χ1n) is 7.82. The summed E-state index contributed by atoms with van der Waals surface area (Å²) in [5.74, 6) is 0.0489. The Morgan fingerprint density at radius 3 is 2.56 bits per heavy atom. The number of aryl methyl sites for hydroxylation is 1. The van der Waals surface area contributed by atoms with Crippen molar-refractivity contribution in [3.8, 4) is 0 Å². The molecule has 0 bridgehead atoms. The van der Waals surface area contributed by atoms with Crippen LogP contribution in [0.15, 0.2) is 48.5 Å². The minimum atomic E-state index is -0.291. The van der Waals surface area contributed by atoms with Gasteiger partial charge in [-0.25, -0.2) is 0 Å². The van der Waals surface area contributed by atoms with Crippen molar-refractivity contribution >= 4 is 40.2 Å². The lowest BCUT2D eigenvalue weighted by Gasteiger charge is -2.07. The van der Waals surface area contributed by atoms with Crippen molar-refractivity contribution in [3.63, 3.8) is 0 Å². The van der Waals surface area contributed by atoms with Gasteiger partial charge in [0.2, 0.25) is 0 Å². The van der Waals surface area contributed by atoms with Crippen molar-refractivity contribution in [3.05, 3.63) is 64.7 Å². The topological polar surface area (TPSA) is 71.2 Å². The smallest absolute Gasteiger partial charge is 0.305 e. The number of fused-ring (bicyclic) bond motifs is 1. The van der Waals surface area contributed by atoms with Gasteiger partial charge in [0.05, 0.1) is 7.11 Å². The van der Waals surface area contributed by atoms with Gasteiger partial charge in [0, 0.05) is 33.5 Å². The Morgan fingerprint density at radius 1 is 1.12 bits per heavy atom. The standard InChI is InChI=1S/C19H17ClN2O3/c1-25-17(23)11-10-15-14-4-2-3-5-16(14)21-18(15)22-19(24)12-6-8-13(20)9-7-12/h2-9,21H,10-11H2,1H3,(H,22,24). The predicted molar refractivity (Wildman–Crippen MR) is 98.0 cm³/mol. The maximum absolute atomic E-state index is 12.5. The van der Waals surface area contributed by atoms with Crippen LogP contribution in [0.3, 0.4) is 0 Å². The van der Waals surface area contributed by atoms with Crippen LogP contribution in [0.5, 0.6) is 0 Å². The van der Waals surface area contributed by atoms with Crippen LogP contribution in [0.1, 0.15) is 22.3 Å². The van der Waals surface area contributed by atoms with E-state index in [0.29, 0.717) is 22.8 Å². The predicted octanol–water partition coefficient (Wildman–Crippen LogP) is 4.18. The van der Waals surface area contributed by atoms with Crippen LogP contribution < -0.4 is 5.32 Å². The monoisotopic (exact) mass is 356 g/mol. The number of carbonyl (C=O) groups excluding carboxylic acids is 2. The van der Waals surface area contributed by atoms with Crippen molar-refractivity contribution in [1.29, 1.82) is 0 Å². The van der Waals surface area contributed by atoms with Crippen molar-refractivity contribution < 1.29 is 14.3 Å². The number of aromatic amines is 1. The first kappa shape index (κ1) is 17.0. The molecule has 25 heavy (non-hydrogen) atoms. The number of benzene rings is 2. The third-order valence-corrected chi connectivity index (χ3v) is 4.22. The average molecular weight is 357 g/mol. The number of rotatable bonds is 5. The number of halogens is 1. The molecule has 0 saturated heterocycles. The molecule has 1 heterocycles. The van der Waals surface area contributed by atoms with Gasteiger partial charge in [-0.2, -0.15) is 0 Å². The largest absolute Gasteiger partial charge is 0.469 e. The molecule has 0 spiro atoms. The zero-order chi connectivity index (χ0) is 17.8. The summed E-state index contributed by atoms with van der Waals surface area (Å²) in [6, 6.07) is 14.4. The van der Waals surface area contributed by atoms with E-state index in [-0.39, 0.29) is 18.3 Å². The number of hydrogen-bond acceptors (Lipinski definition) is 3. The number of anilines is 1. The Labute approximate surface area is 149 Å². The molecular weight excluding hydrogens is 340 g/mol. The molecule has 1 aromatic heterocycles. The summed E-state index contributed by atoms with van der Waals surface area (Å²) in [6.45, 7) is 0. The van der Waals surface area contributed by atoms with Crippen LogP contribution in [0.4, 0.5) is 5.82 Å². The molecule has 0 radical (unpaired) electrons. The second-order valence-electron chi connectivity index (χ2n) is 5.56. The highest BCUT2D eigenvalue weighted by atomic mass is 35.5. The third-order valence-electron chi connectivity index (χ3n) is 3.97. The fourth-order valence-corrected chi connectivity index (χ4v) is 2.81. The van der Waals surface area contributed by atoms with Crippen molar-refractivity contribution in [2.75, 3.05) is 12.4 Å². The highest BCUT2D eigenvalue weighted by Gasteiger charge is 2.16. The molecule has 0 unspecified atom stereocenters. The van der Waals surface area contributed by atoms with Gasteiger partial charge in [-0.05, 0) is 36.8 Å². The fourth-order valence-electron chi connectivity index (χ4n) is 2.68. The molecule has 128 valence electrons. The Hall–Kier alpha value is -2.79. The van der Waals surface area contributed by atoms with E-state index in [9.17, 15) is 9.59 Å². The van der Waals surface area contributed by atoms with Crippen LogP contribution >= 0.6 is 11.6 Å². The molecule has 1 amide bonds. The molecule has 6 heteroatoms. The molecule has 0 aliphatic carbocycles. The summed E-state index contributed by atoms with van der Waals surface area (Å²) in [5, 5.41) is 4.43. The molecule has 3 rings (SSSR count). The van der Waals surface area contributed by atoms with E-state index in [1.807, 2.05) is 24.3 Å². The number of para-hydroxylation sites is 1.